The number of unbranched alkanes of at least 4 members (excludes halogenated alkanes) is 20. The van der Waals surface area contributed by atoms with Crippen molar-refractivity contribution in [3.8, 4) is 0 Å². The molecule has 0 spiro atoms. The summed E-state index contributed by atoms with van der Waals surface area (Å²) in [7, 11) is 0. The molecule has 0 radical (unpaired) electrons. The molecule has 0 amide bonds. The van der Waals surface area contributed by atoms with Gasteiger partial charge in [0.05, 0.1) is 0 Å². The zero-order chi connectivity index (χ0) is 32.7. The predicted octanol–water partition coefficient (Wildman–Crippen LogP) is 11.9. The summed E-state index contributed by atoms with van der Waals surface area (Å²) in [6.07, 6.45) is 50.0. The van der Waals surface area contributed by atoms with Gasteiger partial charge in [0.2, 0.25) is 0 Å². The lowest BCUT2D eigenvalue weighted by Gasteiger charge is -2.05. The van der Waals surface area contributed by atoms with Gasteiger partial charge in [-0.25, -0.2) is 0 Å². The number of hydrogen-bond donors (Lipinski definition) is 3. The van der Waals surface area contributed by atoms with E-state index in [1.54, 1.807) is 0 Å². The number of carboxylic acid groups (broad SMARTS) is 2. The molecular formula is C40H71NO4. The monoisotopic (exact) mass is 630 g/mol. The van der Waals surface area contributed by atoms with E-state index >= 15 is 0 Å². The normalized spacial score (nSPS) is 12.1. The van der Waals surface area contributed by atoms with Gasteiger partial charge < -0.3 is 15.5 Å². The van der Waals surface area contributed by atoms with E-state index < -0.39 is 11.9 Å². The number of allylic oxidation sites excluding steroid dienone is 8. The van der Waals surface area contributed by atoms with Crippen molar-refractivity contribution in [1.29, 1.82) is 0 Å². The van der Waals surface area contributed by atoms with Crippen LogP contribution in [0.4, 0.5) is 0 Å². The smallest absolute Gasteiger partial charge is 0.303 e. The van der Waals surface area contributed by atoms with Gasteiger partial charge in [-0.3, -0.25) is 9.59 Å². The molecule has 5 nitrogen and oxygen atoms in total. The molecule has 0 aliphatic rings. The Bertz CT molecular complexity index is 693. The highest BCUT2D eigenvalue weighted by atomic mass is 16.4. The molecule has 0 saturated carbocycles. The van der Waals surface area contributed by atoms with Crippen LogP contribution in [0.2, 0.25) is 0 Å². The maximum atomic E-state index is 10.5. The third-order valence-electron chi connectivity index (χ3n) is 8.18. The second-order valence-electron chi connectivity index (χ2n) is 12.6. The Labute approximate surface area is 278 Å². The van der Waals surface area contributed by atoms with Crippen molar-refractivity contribution in [3.63, 3.8) is 0 Å². The summed E-state index contributed by atoms with van der Waals surface area (Å²) in [6.45, 7) is 2.34. The second kappa shape index (κ2) is 38.0. The summed E-state index contributed by atoms with van der Waals surface area (Å²) < 4.78 is 0. The molecule has 0 rings (SSSR count). The molecular weight excluding hydrogens is 558 g/mol. The molecule has 0 atom stereocenters. The standard InChI is InChI=1S/C40H71NO4/c42-39(43)35-31-27-23-19-15-11-7-3-1-5-9-13-17-21-25-29-33-37-41-38-34-30-26-22-18-14-10-6-2-4-8-12-16-20-24-28-32-36-40(44)45/h3-10,41H,1-2,11-38H2,(H,42,43)(H,44,45)/b7-3-,8-4-,9-5-,10-6-. The Morgan fingerprint density at radius 3 is 0.933 bits per heavy atom. The van der Waals surface area contributed by atoms with Crippen molar-refractivity contribution in [2.75, 3.05) is 13.1 Å². The quantitative estimate of drug-likeness (QED) is 0.0474. The Morgan fingerprint density at radius 1 is 0.356 bits per heavy atom. The van der Waals surface area contributed by atoms with Crippen LogP contribution in [0.5, 0.6) is 0 Å². The fourth-order valence-corrected chi connectivity index (χ4v) is 5.36. The Hall–Kier alpha value is -2.14. The van der Waals surface area contributed by atoms with Crippen molar-refractivity contribution < 1.29 is 19.8 Å². The fourth-order valence-electron chi connectivity index (χ4n) is 5.36. The van der Waals surface area contributed by atoms with Gasteiger partial charge in [0.25, 0.3) is 0 Å². The average Bonchev–Trinajstić information content (AvgIpc) is 3.02. The topological polar surface area (TPSA) is 86.6 Å². The largest absolute Gasteiger partial charge is 0.481 e. The highest BCUT2D eigenvalue weighted by Crippen LogP contribution is 2.10. The van der Waals surface area contributed by atoms with Crippen LogP contribution in [0.1, 0.15) is 180 Å². The van der Waals surface area contributed by atoms with E-state index in [1.807, 2.05) is 0 Å². The number of nitrogens with one attached hydrogen (secondary N) is 1. The summed E-state index contributed by atoms with van der Waals surface area (Å²) >= 11 is 0. The van der Waals surface area contributed by atoms with Crippen LogP contribution in [0.15, 0.2) is 48.6 Å². The van der Waals surface area contributed by atoms with Gasteiger partial charge in [0.15, 0.2) is 0 Å². The number of rotatable bonds is 36. The fraction of sp³-hybridized carbons (Fsp3) is 0.750. The molecule has 0 bridgehead atoms. The molecule has 0 aliphatic carbocycles. The molecule has 0 aromatic heterocycles. The van der Waals surface area contributed by atoms with Gasteiger partial charge in [-0.15, -0.1) is 0 Å². The van der Waals surface area contributed by atoms with Crippen LogP contribution in [-0.4, -0.2) is 35.2 Å². The molecule has 5 heteroatoms. The van der Waals surface area contributed by atoms with Crippen molar-refractivity contribution in [2.45, 2.75) is 180 Å². The molecule has 0 unspecified atom stereocenters. The van der Waals surface area contributed by atoms with Gasteiger partial charge in [-0.1, -0.05) is 126 Å². The van der Waals surface area contributed by atoms with Gasteiger partial charge in [0.1, 0.15) is 0 Å². The molecule has 0 fully saturated rings. The first-order valence-electron chi connectivity index (χ1n) is 18.9. The lowest BCUT2D eigenvalue weighted by molar-refractivity contribution is -0.138. The Morgan fingerprint density at radius 2 is 0.622 bits per heavy atom. The van der Waals surface area contributed by atoms with Crippen LogP contribution in [0.3, 0.4) is 0 Å². The predicted molar refractivity (Wildman–Crippen MR) is 194 cm³/mol. The summed E-state index contributed by atoms with van der Waals surface area (Å²) in [5, 5.41) is 20.9. The highest BCUT2D eigenvalue weighted by molar-refractivity contribution is 5.66. The minimum absolute atomic E-state index is 0.315. The Kier molecular flexibility index (Phi) is 36.2. The molecule has 0 aliphatic heterocycles. The minimum Gasteiger partial charge on any atom is -0.481 e. The molecule has 0 aromatic carbocycles. The van der Waals surface area contributed by atoms with E-state index in [9.17, 15) is 9.59 Å². The SMILES string of the molecule is O=C(O)CCCCCCC/C=C\C/C=C\CCCCCCCNCCCCCCC/C=C\C/C=C\CCCCCCCC(=O)O. The van der Waals surface area contributed by atoms with Gasteiger partial charge >= 0.3 is 11.9 Å². The van der Waals surface area contributed by atoms with Crippen LogP contribution in [0, 0.1) is 0 Å². The van der Waals surface area contributed by atoms with Crippen LogP contribution in [0.25, 0.3) is 0 Å². The summed E-state index contributed by atoms with van der Waals surface area (Å²) in [6, 6.07) is 0. The first-order valence-corrected chi connectivity index (χ1v) is 18.9. The summed E-state index contributed by atoms with van der Waals surface area (Å²) in [5.74, 6) is -1.35. The number of hydrogen-bond acceptors (Lipinski definition) is 3. The highest BCUT2D eigenvalue weighted by Gasteiger charge is 1.97. The van der Waals surface area contributed by atoms with E-state index in [-0.39, 0.29) is 0 Å². The summed E-state index contributed by atoms with van der Waals surface area (Å²) in [5.41, 5.74) is 0. The van der Waals surface area contributed by atoms with Crippen molar-refractivity contribution in [3.05, 3.63) is 48.6 Å². The van der Waals surface area contributed by atoms with Crippen molar-refractivity contribution in [1.82, 2.24) is 5.32 Å². The maximum Gasteiger partial charge on any atom is 0.303 e. The van der Waals surface area contributed by atoms with E-state index in [2.05, 4.69) is 53.9 Å². The first-order chi connectivity index (χ1) is 22.1. The van der Waals surface area contributed by atoms with Gasteiger partial charge in [0, 0.05) is 12.8 Å². The lowest BCUT2D eigenvalue weighted by Crippen LogP contribution is -2.16. The van der Waals surface area contributed by atoms with Crippen LogP contribution in [-0.2, 0) is 9.59 Å². The Balaban J connectivity index is 3.22. The molecule has 0 aromatic rings. The maximum absolute atomic E-state index is 10.5. The zero-order valence-electron chi connectivity index (χ0n) is 29.0. The van der Waals surface area contributed by atoms with E-state index in [0.717, 1.165) is 64.2 Å². The number of aliphatic carboxylic acids is 2. The number of carboxylic acids is 2. The lowest BCUT2D eigenvalue weighted by atomic mass is 10.1. The second-order valence-corrected chi connectivity index (χ2v) is 12.6. The number of carbonyl (C=O) groups is 2. The van der Waals surface area contributed by atoms with Crippen molar-refractivity contribution >= 4 is 11.9 Å². The molecule has 3 N–H and O–H groups in total. The van der Waals surface area contributed by atoms with E-state index in [4.69, 9.17) is 10.2 Å². The molecule has 260 valence electrons. The minimum atomic E-state index is -0.674. The molecule has 45 heavy (non-hydrogen) atoms. The van der Waals surface area contributed by atoms with Crippen molar-refractivity contribution in [2.24, 2.45) is 0 Å². The molecule has 0 heterocycles. The van der Waals surface area contributed by atoms with Crippen LogP contribution < -0.4 is 5.32 Å². The van der Waals surface area contributed by atoms with Gasteiger partial charge in [-0.05, 0) is 103 Å². The third kappa shape index (κ3) is 41.9. The summed E-state index contributed by atoms with van der Waals surface area (Å²) in [4.78, 5) is 20.9. The third-order valence-corrected chi connectivity index (χ3v) is 8.18. The average molecular weight is 630 g/mol. The molecule has 0 saturated heterocycles. The zero-order valence-corrected chi connectivity index (χ0v) is 29.0. The van der Waals surface area contributed by atoms with E-state index in [1.165, 1.54) is 116 Å². The van der Waals surface area contributed by atoms with Crippen LogP contribution >= 0.6 is 0 Å². The van der Waals surface area contributed by atoms with Gasteiger partial charge in [-0.2, -0.15) is 0 Å². The first kappa shape index (κ1) is 42.9. The van der Waals surface area contributed by atoms with E-state index in [0.29, 0.717) is 12.8 Å².